The Morgan fingerprint density at radius 1 is 0.212 bits per heavy atom. The summed E-state index contributed by atoms with van der Waals surface area (Å²) in [4.78, 5) is 0. The molecule has 0 radical (unpaired) electrons. The zero-order valence-corrected chi connectivity index (χ0v) is 36.1. The van der Waals surface area contributed by atoms with Crippen molar-refractivity contribution < 1.29 is 18.9 Å². The third kappa shape index (κ3) is 10.00. The van der Waals surface area contributed by atoms with Gasteiger partial charge in [-0.25, -0.2) is 0 Å². The van der Waals surface area contributed by atoms with E-state index in [0.717, 1.165) is 107 Å². The average molecular weight is 853 g/mol. The second-order valence-corrected chi connectivity index (χ2v) is 15.8. The van der Waals surface area contributed by atoms with E-state index in [4.69, 9.17) is 25.5 Å². The van der Waals surface area contributed by atoms with Gasteiger partial charge in [-0.1, -0.05) is 128 Å². The fourth-order valence-electron chi connectivity index (χ4n) is 7.89. The maximum atomic E-state index is 6.32. The van der Waals surface area contributed by atoms with Crippen molar-refractivity contribution in [3.8, 4) is 90.5 Å². The molecule has 10 rings (SSSR count). The van der Waals surface area contributed by atoms with E-state index in [-0.39, 0.29) is 0 Å². The summed E-state index contributed by atoms with van der Waals surface area (Å²) in [5, 5.41) is 0. The lowest BCUT2D eigenvalue weighted by Gasteiger charge is -2.17. The molecule has 316 valence electrons. The molecular weight excluding hydrogens is 809 g/mol. The maximum absolute atomic E-state index is 6.32. The third-order valence-electron chi connectivity index (χ3n) is 11.1. The van der Waals surface area contributed by atoms with E-state index in [1.807, 2.05) is 170 Å². The molecule has 0 aliphatic rings. The Labute approximate surface area is 385 Å². The maximum Gasteiger partial charge on any atom is 0.128 e. The lowest BCUT2D eigenvalue weighted by atomic mass is 9.88. The molecule has 0 aromatic heterocycles. The number of para-hydroxylation sites is 4. The van der Waals surface area contributed by atoms with Crippen LogP contribution in [0.1, 0.15) is 11.1 Å². The molecule has 0 bridgehead atoms. The second kappa shape index (κ2) is 19.3. The van der Waals surface area contributed by atoms with Crippen LogP contribution in [0.2, 0.25) is 0 Å². The van der Waals surface area contributed by atoms with Crippen LogP contribution in [0.25, 0.3) is 50.1 Å². The molecule has 0 aliphatic carbocycles. The van der Waals surface area contributed by atoms with Gasteiger partial charge < -0.3 is 18.9 Å². The predicted octanol–water partition coefficient (Wildman–Crippen LogP) is 17.6. The van der Waals surface area contributed by atoms with Crippen LogP contribution >= 0.6 is 0 Å². The topological polar surface area (TPSA) is 36.9 Å². The molecule has 10 aromatic rings. The van der Waals surface area contributed by atoms with E-state index in [1.165, 1.54) is 0 Å². The van der Waals surface area contributed by atoms with Crippen molar-refractivity contribution >= 4 is 5.57 Å². The summed E-state index contributed by atoms with van der Waals surface area (Å²) in [6.07, 6.45) is 0. The highest BCUT2D eigenvalue weighted by atomic mass is 16.5. The van der Waals surface area contributed by atoms with Crippen LogP contribution in [-0.4, -0.2) is 0 Å². The fourth-order valence-corrected chi connectivity index (χ4v) is 7.89. The second-order valence-electron chi connectivity index (χ2n) is 15.8. The van der Waals surface area contributed by atoms with E-state index in [9.17, 15) is 0 Å². The minimum Gasteiger partial charge on any atom is -0.457 e. The van der Waals surface area contributed by atoms with E-state index in [1.54, 1.807) is 0 Å². The summed E-state index contributed by atoms with van der Waals surface area (Å²) in [7, 11) is 0. The largest absolute Gasteiger partial charge is 0.457 e. The summed E-state index contributed by atoms with van der Waals surface area (Å²) in [6, 6.07) is 85.6. The van der Waals surface area contributed by atoms with Gasteiger partial charge >= 0.3 is 0 Å². The summed E-state index contributed by atoms with van der Waals surface area (Å²) >= 11 is 0. The average Bonchev–Trinajstić information content (AvgIpc) is 3.37. The normalized spacial score (nSPS) is 10.8. The Bertz CT molecular complexity index is 2830. The minimum absolute atomic E-state index is 0.747. The van der Waals surface area contributed by atoms with Gasteiger partial charge in [0.2, 0.25) is 0 Å². The SMILES string of the molecule is C=C(c1cc(-c2cccc(Oc3ccccc3)c2)cc(-c2cccc(Oc3ccccc3)c2)c1)c1cc(-c2cccc(Oc3ccccc3)c2)cc(-c2cccc(Oc3ccccc3)c2)c1. The van der Waals surface area contributed by atoms with Crippen molar-refractivity contribution in [1.82, 2.24) is 0 Å². The molecule has 10 aromatic carbocycles. The van der Waals surface area contributed by atoms with Gasteiger partial charge in [-0.2, -0.15) is 0 Å². The van der Waals surface area contributed by atoms with Crippen LogP contribution in [0, 0.1) is 0 Å². The van der Waals surface area contributed by atoms with Crippen LogP contribution in [0.15, 0.2) is 261 Å². The molecule has 0 saturated carbocycles. The van der Waals surface area contributed by atoms with Crippen molar-refractivity contribution in [2.75, 3.05) is 0 Å². The number of ether oxygens (including phenoxy) is 4. The Morgan fingerprint density at radius 2 is 0.439 bits per heavy atom. The summed E-state index contributed by atoms with van der Waals surface area (Å²) in [5.74, 6) is 6.09. The van der Waals surface area contributed by atoms with Crippen molar-refractivity contribution in [1.29, 1.82) is 0 Å². The van der Waals surface area contributed by atoms with E-state index >= 15 is 0 Å². The predicted molar refractivity (Wildman–Crippen MR) is 269 cm³/mol. The first-order chi connectivity index (χ1) is 32.5. The van der Waals surface area contributed by atoms with Gasteiger partial charge in [0, 0.05) is 0 Å². The fraction of sp³-hybridized carbons (Fsp3) is 0. The van der Waals surface area contributed by atoms with Crippen molar-refractivity contribution in [3.63, 3.8) is 0 Å². The molecule has 0 N–H and O–H groups in total. The number of hydrogen-bond acceptors (Lipinski definition) is 4. The van der Waals surface area contributed by atoms with Gasteiger partial charge in [-0.05, 0) is 195 Å². The zero-order chi connectivity index (χ0) is 44.5. The molecule has 0 fully saturated rings. The Balaban J connectivity index is 1.08. The standard InChI is InChI=1S/C62H44O4/c1-44(49-34-51(45-18-14-30-59(40-45)63-55-22-6-2-7-23-55)38-52(35-49)46-19-15-31-60(41-46)64-56-24-8-3-9-25-56)50-36-53(47-20-16-32-61(42-47)65-57-26-10-4-11-27-57)39-54(37-50)48-21-17-33-62(43-48)66-58-28-12-5-13-29-58/h2-43H,1H2. The molecule has 66 heavy (non-hydrogen) atoms. The first-order valence-corrected chi connectivity index (χ1v) is 21.9. The van der Waals surface area contributed by atoms with Crippen molar-refractivity contribution in [3.05, 3.63) is 272 Å². The van der Waals surface area contributed by atoms with Crippen LogP contribution in [0.4, 0.5) is 0 Å². The molecular formula is C62H44O4. The molecule has 0 amide bonds. The molecule has 0 unspecified atom stereocenters. The summed E-state index contributed by atoms with van der Waals surface area (Å²) in [5.41, 5.74) is 10.9. The van der Waals surface area contributed by atoms with Crippen LogP contribution in [-0.2, 0) is 0 Å². The molecule has 0 heterocycles. The molecule has 4 heteroatoms. The molecule has 0 spiro atoms. The summed E-state index contributed by atoms with van der Waals surface area (Å²) in [6.45, 7) is 4.83. The number of hydrogen-bond donors (Lipinski definition) is 0. The van der Waals surface area contributed by atoms with E-state index in [2.05, 4.69) is 84.9 Å². The van der Waals surface area contributed by atoms with E-state index in [0.29, 0.717) is 0 Å². The molecule has 4 nitrogen and oxygen atoms in total. The van der Waals surface area contributed by atoms with Crippen LogP contribution in [0.5, 0.6) is 46.0 Å². The smallest absolute Gasteiger partial charge is 0.128 e. The lowest BCUT2D eigenvalue weighted by Crippen LogP contribution is -1.94. The monoisotopic (exact) mass is 852 g/mol. The highest BCUT2D eigenvalue weighted by Gasteiger charge is 2.15. The molecule has 0 aliphatic heterocycles. The van der Waals surface area contributed by atoms with Gasteiger partial charge in [-0.3, -0.25) is 0 Å². The zero-order valence-electron chi connectivity index (χ0n) is 36.1. The van der Waals surface area contributed by atoms with Gasteiger partial charge in [-0.15, -0.1) is 0 Å². The van der Waals surface area contributed by atoms with E-state index < -0.39 is 0 Å². The van der Waals surface area contributed by atoms with Gasteiger partial charge in [0.15, 0.2) is 0 Å². The Morgan fingerprint density at radius 3 is 0.682 bits per heavy atom. The number of benzene rings is 10. The van der Waals surface area contributed by atoms with Crippen molar-refractivity contribution in [2.24, 2.45) is 0 Å². The number of rotatable bonds is 14. The van der Waals surface area contributed by atoms with Gasteiger partial charge in [0.05, 0.1) is 0 Å². The quantitative estimate of drug-likeness (QED) is 0.109. The minimum atomic E-state index is 0.747. The Hall–Kier alpha value is -8.86. The highest BCUT2D eigenvalue weighted by molar-refractivity contribution is 5.89. The third-order valence-corrected chi connectivity index (χ3v) is 11.1. The highest BCUT2D eigenvalue weighted by Crippen LogP contribution is 2.40. The van der Waals surface area contributed by atoms with Crippen LogP contribution in [0.3, 0.4) is 0 Å². The van der Waals surface area contributed by atoms with Gasteiger partial charge in [0.25, 0.3) is 0 Å². The van der Waals surface area contributed by atoms with Crippen molar-refractivity contribution in [2.45, 2.75) is 0 Å². The van der Waals surface area contributed by atoms with Gasteiger partial charge in [0.1, 0.15) is 46.0 Å². The lowest BCUT2D eigenvalue weighted by molar-refractivity contribution is 0.482. The Kier molecular flexibility index (Phi) is 12.0. The summed E-state index contributed by atoms with van der Waals surface area (Å²) < 4.78 is 25.3. The molecule has 0 atom stereocenters. The first kappa shape index (κ1) is 41.2. The molecule has 0 saturated heterocycles. The van der Waals surface area contributed by atoms with Crippen LogP contribution < -0.4 is 18.9 Å². The first-order valence-electron chi connectivity index (χ1n) is 21.9.